The summed E-state index contributed by atoms with van der Waals surface area (Å²) in [6, 6.07) is 0.475. The smallest absolute Gasteiger partial charge is 0.0604 e. The molecule has 12 heavy (non-hydrogen) atoms. The molecule has 2 heteroatoms. The molecule has 0 amide bonds. The van der Waals surface area contributed by atoms with Gasteiger partial charge >= 0.3 is 0 Å². The summed E-state index contributed by atoms with van der Waals surface area (Å²) >= 11 is 0. The molecule has 1 saturated heterocycles. The minimum atomic E-state index is 0.475. The van der Waals surface area contributed by atoms with Crippen molar-refractivity contribution in [3.63, 3.8) is 0 Å². The highest BCUT2D eigenvalue weighted by molar-refractivity contribution is 4.81. The molecule has 0 bridgehead atoms. The Morgan fingerprint density at radius 2 is 1.75 bits per heavy atom. The first-order valence-corrected chi connectivity index (χ1v) is 5.23. The molecule has 0 aromatic rings. The van der Waals surface area contributed by atoms with Gasteiger partial charge in [-0.3, -0.25) is 0 Å². The lowest BCUT2D eigenvalue weighted by atomic mass is 9.82. The van der Waals surface area contributed by atoms with Gasteiger partial charge in [0.15, 0.2) is 0 Å². The summed E-state index contributed by atoms with van der Waals surface area (Å²) < 4.78 is 5.69. The predicted molar refractivity (Wildman–Crippen MR) is 48.9 cm³/mol. The molecular weight excluding hydrogens is 150 g/mol. The quantitative estimate of drug-likeness (QED) is 0.648. The lowest BCUT2D eigenvalue weighted by molar-refractivity contribution is 0.0455. The Labute approximate surface area is 74.5 Å². The largest absolute Gasteiger partial charge is 0.378 e. The van der Waals surface area contributed by atoms with Crippen molar-refractivity contribution in [3.05, 3.63) is 0 Å². The fourth-order valence-electron chi connectivity index (χ4n) is 2.49. The van der Waals surface area contributed by atoms with Crippen molar-refractivity contribution in [3.8, 4) is 0 Å². The first-order chi connectivity index (χ1) is 5.86. The van der Waals surface area contributed by atoms with E-state index in [1.54, 1.807) is 0 Å². The van der Waals surface area contributed by atoms with Gasteiger partial charge in [-0.05, 0) is 44.4 Å². The molecule has 1 aliphatic heterocycles. The summed E-state index contributed by atoms with van der Waals surface area (Å²) in [5, 5.41) is 0. The maximum atomic E-state index is 5.85. The van der Waals surface area contributed by atoms with E-state index in [4.69, 9.17) is 10.5 Å². The fourth-order valence-corrected chi connectivity index (χ4v) is 2.49. The Morgan fingerprint density at radius 1 is 1.00 bits per heavy atom. The van der Waals surface area contributed by atoms with E-state index in [1.807, 2.05) is 0 Å². The molecule has 1 aliphatic carbocycles. The number of hydrogen-bond acceptors (Lipinski definition) is 2. The molecule has 2 rings (SSSR count). The average Bonchev–Trinajstić information content (AvgIpc) is 2.58. The van der Waals surface area contributed by atoms with E-state index in [-0.39, 0.29) is 0 Å². The average molecular weight is 169 g/mol. The lowest BCUT2D eigenvalue weighted by Crippen LogP contribution is -2.31. The van der Waals surface area contributed by atoms with Crippen molar-refractivity contribution in [2.75, 3.05) is 6.61 Å². The molecule has 2 nitrogen and oxygen atoms in total. The molecule has 0 aromatic heterocycles. The van der Waals surface area contributed by atoms with Crippen LogP contribution in [0.2, 0.25) is 0 Å². The van der Waals surface area contributed by atoms with Gasteiger partial charge in [-0.1, -0.05) is 0 Å². The highest BCUT2D eigenvalue weighted by Gasteiger charge is 2.28. The van der Waals surface area contributed by atoms with Crippen LogP contribution in [0.5, 0.6) is 0 Å². The zero-order chi connectivity index (χ0) is 8.39. The topological polar surface area (TPSA) is 35.2 Å². The SMILES string of the molecule is NC1CCC(C2CCCO2)CC1. The summed E-state index contributed by atoms with van der Waals surface area (Å²) in [5.74, 6) is 0.826. The second-order valence-electron chi connectivity index (χ2n) is 4.23. The van der Waals surface area contributed by atoms with Crippen molar-refractivity contribution in [1.82, 2.24) is 0 Å². The zero-order valence-electron chi connectivity index (χ0n) is 7.67. The van der Waals surface area contributed by atoms with Gasteiger partial charge in [0.1, 0.15) is 0 Å². The first kappa shape index (κ1) is 8.52. The van der Waals surface area contributed by atoms with Crippen molar-refractivity contribution in [2.24, 2.45) is 11.7 Å². The molecule has 1 unspecified atom stereocenters. The van der Waals surface area contributed by atoms with Crippen molar-refractivity contribution < 1.29 is 4.74 Å². The number of nitrogens with two attached hydrogens (primary N) is 1. The van der Waals surface area contributed by atoms with Gasteiger partial charge in [0.25, 0.3) is 0 Å². The minimum absolute atomic E-state index is 0.475. The summed E-state index contributed by atoms with van der Waals surface area (Å²) in [7, 11) is 0. The monoisotopic (exact) mass is 169 g/mol. The highest BCUT2D eigenvalue weighted by Crippen LogP contribution is 2.31. The molecule has 1 atom stereocenters. The van der Waals surface area contributed by atoms with Crippen LogP contribution in [0.25, 0.3) is 0 Å². The fraction of sp³-hybridized carbons (Fsp3) is 1.00. The Morgan fingerprint density at radius 3 is 2.33 bits per heavy atom. The Bertz CT molecular complexity index is 135. The Hall–Kier alpha value is -0.0800. The van der Waals surface area contributed by atoms with Crippen LogP contribution in [0, 0.1) is 5.92 Å². The van der Waals surface area contributed by atoms with Crippen LogP contribution in [0.4, 0.5) is 0 Å². The van der Waals surface area contributed by atoms with Gasteiger partial charge in [0, 0.05) is 12.6 Å². The van der Waals surface area contributed by atoms with E-state index in [1.165, 1.54) is 38.5 Å². The van der Waals surface area contributed by atoms with Gasteiger partial charge in [0.2, 0.25) is 0 Å². The van der Waals surface area contributed by atoms with Crippen molar-refractivity contribution >= 4 is 0 Å². The maximum absolute atomic E-state index is 5.85. The van der Waals surface area contributed by atoms with Crippen molar-refractivity contribution in [1.29, 1.82) is 0 Å². The molecule has 0 radical (unpaired) electrons. The Kier molecular flexibility index (Phi) is 2.66. The van der Waals surface area contributed by atoms with Crippen LogP contribution < -0.4 is 5.73 Å². The second kappa shape index (κ2) is 3.75. The minimum Gasteiger partial charge on any atom is -0.378 e. The third-order valence-electron chi connectivity index (χ3n) is 3.31. The van der Waals surface area contributed by atoms with Gasteiger partial charge in [0.05, 0.1) is 6.10 Å². The van der Waals surface area contributed by atoms with Crippen molar-refractivity contribution in [2.45, 2.75) is 50.7 Å². The lowest BCUT2D eigenvalue weighted by Gasteiger charge is -2.29. The van der Waals surface area contributed by atoms with E-state index in [9.17, 15) is 0 Å². The maximum Gasteiger partial charge on any atom is 0.0604 e. The summed E-state index contributed by atoms with van der Waals surface area (Å²) in [6.07, 6.45) is 8.16. The van der Waals surface area contributed by atoms with E-state index >= 15 is 0 Å². The van der Waals surface area contributed by atoms with Gasteiger partial charge < -0.3 is 10.5 Å². The summed E-state index contributed by atoms with van der Waals surface area (Å²) in [6.45, 7) is 0.993. The van der Waals surface area contributed by atoms with Crippen LogP contribution >= 0.6 is 0 Å². The number of rotatable bonds is 1. The van der Waals surface area contributed by atoms with Gasteiger partial charge in [-0.2, -0.15) is 0 Å². The molecule has 0 spiro atoms. The first-order valence-electron chi connectivity index (χ1n) is 5.23. The standard InChI is InChI=1S/C10H19NO/c11-9-5-3-8(4-6-9)10-2-1-7-12-10/h8-10H,1-7,11H2. The predicted octanol–water partition coefficient (Wildman–Crippen LogP) is 1.68. The molecule has 2 N–H and O–H groups in total. The summed E-state index contributed by atoms with van der Waals surface area (Å²) in [4.78, 5) is 0. The molecule has 2 fully saturated rings. The molecule has 1 saturated carbocycles. The zero-order valence-corrected chi connectivity index (χ0v) is 7.67. The van der Waals surface area contributed by atoms with Gasteiger partial charge in [-0.25, -0.2) is 0 Å². The molecule has 0 aromatic carbocycles. The van der Waals surface area contributed by atoms with E-state index in [0.717, 1.165) is 12.5 Å². The van der Waals surface area contributed by atoms with Crippen LogP contribution in [0.15, 0.2) is 0 Å². The molecular formula is C10H19NO. The second-order valence-corrected chi connectivity index (χ2v) is 4.23. The molecule has 1 heterocycles. The van der Waals surface area contributed by atoms with Crippen LogP contribution in [-0.2, 0) is 4.74 Å². The van der Waals surface area contributed by atoms with E-state index < -0.39 is 0 Å². The third-order valence-corrected chi connectivity index (χ3v) is 3.31. The van der Waals surface area contributed by atoms with Crippen LogP contribution in [0.1, 0.15) is 38.5 Å². The number of ether oxygens (including phenoxy) is 1. The number of hydrogen-bond donors (Lipinski definition) is 1. The van der Waals surface area contributed by atoms with Crippen LogP contribution in [-0.4, -0.2) is 18.8 Å². The van der Waals surface area contributed by atoms with Crippen LogP contribution in [0.3, 0.4) is 0 Å². The molecule has 2 aliphatic rings. The van der Waals surface area contributed by atoms with E-state index in [0.29, 0.717) is 12.1 Å². The van der Waals surface area contributed by atoms with Gasteiger partial charge in [-0.15, -0.1) is 0 Å². The Balaban J connectivity index is 1.80. The third kappa shape index (κ3) is 1.80. The van der Waals surface area contributed by atoms with E-state index in [2.05, 4.69) is 0 Å². The summed E-state index contributed by atoms with van der Waals surface area (Å²) in [5.41, 5.74) is 5.85. The highest BCUT2D eigenvalue weighted by atomic mass is 16.5. The molecule has 70 valence electrons. The normalized spacial score (nSPS) is 43.2.